The van der Waals surface area contributed by atoms with Gasteiger partial charge in [-0.3, -0.25) is 0 Å². The van der Waals surface area contributed by atoms with Gasteiger partial charge in [-0.2, -0.15) is 13.2 Å². The standard InChI is InChI=1S/C13H18F3NS2/c1-10(2)17-9-11-4-3-5-12(8-11)18-6-7-19-13(14,15)16/h3-5,8,10,17H,6-7,9H2,1-2H3. The Kier molecular flexibility index (Phi) is 7.10. The van der Waals surface area contributed by atoms with Gasteiger partial charge in [-0.05, 0) is 17.7 Å². The van der Waals surface area contributed by atoms with Crippen LogP contribution < -0.4 is 5.32 Å². The lowest BCUT2D eigenvalue weighted by atomic mass is 10.2. The van der Waals surface area contributed by atoms with E-state index in [0.29, 0.717) is 11.8 Å². The third-order valence-corrected chi connectivity index (χ3v) is 4.22. The normalized spacial score (nSPS) is 12.1. The van der Waals surface area contributed by atoms with Crippen molar-refractivity contribution in [2.45, 2.75) is 36.8 Å². The minimum absolute atomic E-state index is 0.0380. The van der Waals surface area contributed by atoms with Crippen molar-refractivity contribution < 1.29 is 13.2 Å². The van der Waals surface area contributed by atoms with E-state index in [1.807, 2.05) is 24.3 Å². The van der Waals surface area contributed by atoms with Gasteiger partial charge >= 0.3 is 5.51 Å². The molecule has 0 aliphatic rings. The molecule has 0 aliphatic carbocycles. The third-order valence-electron chi connectivity index (χ3n) is 2.23. The molecule has 0 saturated carbocycles. The summed E-state index contributed by atoms with van der Waals surface area (Å²) in [7, 11) is 0. The molecule has 0 amide bonds. The second kappa shape index (κ2) is 8.07. The van der Waals surface area contributed by atoms with E-state index in [1.165, 1.54) is 11.8 Å². The second-order valence-electron chi connectivity index (χ2n) is 4.33. The number of thioether (sulfide) groups is 2. The molecule has 1 nitrogen and oxygen atoms in total. The Balaban J connectivity index is 2.35. The van der Waals surface area contributed by atoms with Crippen LogP contribution in [0.1, 0.15) is 19.4 Å². The summed E-state index contributed by atoms with van der Waals surface area (Å²) in [6.07, 6.45) is 0. The first-order chi connectivity index (χ1) is 8.87. The van der Waals surface area contributed by atoms with Gasteiger partial charge in [0.15, 0.2) is 0 Å². The molecule has 108 valence electrons. The Hall–Kier alpha value is -0.330. The van der Waals surface area contributed by atoms with Crippen molar-refractivity contribution in [2.75, 3.05) is 11.5 Å². The number of nitrogens with one attached hydrogen (secondary N) is 1. The fourth-order valence-corrected chi connectivity index (χ4v) is 2.93. The Morgan fingerprint density at radius 3 is 2.58 bits per heavy atom. The molecule has 0 saturated heterocycles. The van der Waals surface area contributed by atoms with Gasteiger partial charge in [-0.15, -0.1) is 11.8 Å². The Morgan fingerprint density at radius 2 is 1.95 bits per heavy atom. The van der Waals surface area contributed by atoms with Crippen molar-refractivity contribution in [2.24, 2.45) is 0 Å². The summed E-state index contributed by atoms with van der Waals surface area (Å²) in [6.45, 7) is 4.93. The van der Waals surface area contributed by atoms with Crippen molar-refractivity contribution in [3.63, 3.8) is 0 Å². The quantitative estimate of drug-likeness (QED) is 0.587. The summed E-state index contributed by atoms with van der Waals surface area (Å²) in [5, 5.41) is 3.31. The molecule has 0 fully saturated rings. The summed E-state index contributed by atoms with van der Waals surface area (Å²) in [5.74, 6) is 0.549. The van der Waals surface area contributed by atoms with Crippen molar-refractivity contribution >= 4 is 23.5 Å². The van der Waals surface area contributed by atoms with E-state index in [4.69, 9.17) is 0 Å². The highest BCUT2D eigenvalue weighted by atomic mass is 32.2. The topological polar surface area (TPSA) is 12.0 Å². The van der Waals surface area contributed by atoms with Gasteiger partial charge in [0.25, 0.3) is 0 Å². The first-order valence-electron chi connectivity index (χ1n) is 6.02. The lowest BCUT2D eigenvalue weighted by Crippen LogP contribution is -2.21. The van der Waals surface area contributed by atoms with Crippen molar-refractivity contribution in [3.05, 3.63) is 29.8 Å². The largest absolute Gasteiger partial charge is 0.441 e. The smallest absolute Gasteiger partial charge is 0.310 e. The molecule has 0 radical (unpaired) electrons. The van der Waals surface area contributed by atoms with Crippen LogP contribution in [0, 0.1) is 0 Å². The lowest BCUT2D eigenvalue weighted by molar-refractivity contribution is -0.0326. The lowest BCUT2D eigenvalue weighted by Gasteiger charge is -2.09. The van der Waals surface area contributed by atoms with E-state index in [1.54, 1.807) is 0 Å². The highest BCUT2D eigenvalue weighted by Crippen LogP contribution is 2.31. The van der Waals surface area contributed by atoms with E-state index in [2.05, 4.69) is 19.2 Å². The molecule has 19 heavy (non-hydrogen) atoms. The molecule has 0 aliphatic heterocycles. The Labute approximate surface area is 120 Å². The number of halogens is 3. The third kappa shape index (κ3) is 8.44. The summed E-state index contributed by atoms with van der Waals surface area (Å²) >= 11 is 1.50. The first-order valence-corrected chi connectivity index (χ1v) is 8.00. The molecule has 0 unspecified atom stereocenters. The van der Waals surface area contributed by atoms with Crippen LogP contribution >= 0.6 is 23.5 Å². The van der Waals surface area contributed by atoms with Gasteiger partial charge in [0.05, 0.1) is 0 Å². The number of hydrogen-bond donors (Lipinski definition) is 1. The van der Waals surface area contributed by atoms with Crippen molar-refractivity contribution in [1.82, 2.24) is 5.32 Å². The average Bonchev–Trinajstić information content (AvgIpc) is 2.32. The van der Waals surface area contributed by atoms with Crippen LogP contribution in [0.25, 0.3) is 0 Å². The van der Waals surface area contributed by atoms with Crippen LogP contribution in [0.5, 0.6) is 0 Å². The minimum Gasteiger partial charge on any atom is -0.310 e. The zero-order valence-corrected chi connectivity index (χ0v) is 12.6. The van der Waals surface area contributed by atoms with Crippen LogP contribution in [-0.2, 0) is 6.54 Å². The SMILES string of the molecule is CC(C)NCc1cccc(SCCSC(F)(F)F)c1. The van der Waals surface area contributed by atoms with E-state index in [9.17, 15) is 13.2 Å². The van der Waals surface area contributed by atoms with Gasteiger partial charge in [-0.1, -0.05) is 37.7 Å². The van der Waals surface area contributed by atoms with E-state index >= 15 is 0 Å². The molecule has 0 heterocycles. The molecule has 0 aromatic heterocycles. The molecular formula is C13H18F3NS2. The van der Waals surface area contributed by atoms with Crippen LogP contribution in [0.4, 0.5) is 13.2 Å². The predicted octanol–water partition coefficient (Wildman–Crippen LogP) is 4.53. The second-order valence-corrected chi connectivity index (χ2v) is 6.65. The minimum atomic E-state index is -4.12. The van der Waals surface area contributed by atoms with E-state index in [-0.39, 0.29) is 17.5 Å². The summed E-state index contributed by atoms with van der Waals surface area (Å²) in [4.78, 5) is 1.02. The fourth-order valence-electron chi connectivity index (χ4n) is 1.38. The van der Waals surface area contributed by atoms with E-state index < -0.39 is 5.51 Å². The molecule has 0 spiro atoms. The maximum absolute atomic E-state index is 12.0. The summed E-state index contributed by atoms with van der Waals surface area (Å²) in [6, 6.07) is 8.33. The number of alkyl halides is 3. The van der Waals surface area contributed by atoms with Gasteiger partial charge in [-0.25, -0.2) is 0 Å². The molecule has 6 heteroatoms. The maximum Gasteiger partial charge on any atom is 0.441 e. The predicted molar refractivity (Wildman–Crippen MR) is 77.7 cm³/mol. The maximum atomic E-state index is 12.0. The monoisotopic (exact) mass is 309 g/mol. The van der Waals surface area contributed by atoms with Crippen LogP contribution in [0.2, 0.25) is 0 Å². The van der Waals surface area contributed by atoms with Crippen LogP contribution in [0.3, 0.4) is 0 Å². The molecule has 0 atom stereocenters. The highest BCUT2D eigenvalue weighted by molar-refractivity contribution is 8.03. The number of benzene rings is 1. The molecule has 1 aromatic carbocycles. The van der Waals surface area contributed by atoms with Gasteiger partial charge in [0.2, 0.25) is 0 Å². The molecule has 1 N–H and O–H groups in total. The zero-order chi connectivity index (χ0) is 14.3. The first kappa shape index (κ1) is 16.7. The van der Waals surface area contributed by atoms with E-state index in [0.717, 1.165) is 17.0 Å². The molecule has 1 rings (SSSR count). The molecular weight excluding hydrogens is 291 g/mol. The van der Waals surface area contributed by atoms with Gasteiger partial charge < -0.3 is 5.32 Å². The Bertz CT molecular complexity index is 380. The van der Waals surface area contributed by atoms with Crippen molar-refractivity contribution in [1.29, 1.82) is 0 Å². The molecule has 1 aromatic rings. The van der Waals surface area contributed by atoms with Gasteiger partial charge in [0.1, 0.15) is 0 Å². The zero-order valence-electron chi connectivity index (χ0n) is 11.0. The van der Waals surface area contributed by atoms with Crippen LogP contribution in [-0.4, -0.2) is 23.1 Å². The summed E-state index contributed by atoms with van der Waals surface area (Å²) in [5.41, 5.74) is -2.97. The number of hydrogen-bond acceptors (Lipinski definition) is 3. The molecule has 0 bridgehead atoms. The van der Waals surface area contributed by atoms with Gasteiger partial charge in [0, 0.05) is 29.0 Å². The van der Waals surface area contributed by atoms with Crippen LogP contribution in [0.15, 0.2) is 29.2 Å². The summed E-state index contributed by atoms with van der Waals surface area (Å²) < 4.78 is 35.9. The average molecular weight is 309 g/mol. The van der Waals surface area contributed by atoms with Crippen molar-refractivity contribution in [3.8, 4) is 0 Å². The fraction of sp³-hybridized carbons (Fsp3) is 0.538. The number of rotatable bonds is 7. The Morgan fingerprint density at radius 1 is 1.21 bits per heavy atom. The highest BCUT2D eigenvalue weighted by Gasteiger charge is 2.27.